The van der Waals surface area contributed by atoms with Crippen LogP contribution in [0.15, 0.2) is 46.6 Å². The van der Waals surface area contributed by atoms with E-state index in [4.69, 9.17) is 0 Å². The van der Waals surface area contributed by atoms with E-state index in [-0.39, 0.29) is 0 Å². The summed E-state index contributed by atoms with van der Waals surface area (Å²) >= 11 is 0. The van der Waals surface area contributed by atoms with E-state index in [0.717, 1.165) is 13.0 Å². The van der Waals surface area contributed by atoms with Crippen molar-refractivity contribution in [2.75, 3.05) is 0 Å². The second kappa shape index (κ2) is 6.95. The Kier molecular flexibility index (Phi) is 4.77. The number of benzene rings is 1. The average molecular weight is 294 g/mol. The van der Waals surface area contributed by atoms with Crippen LogP contribution in [0.5, 0.6) is 0 Å². The molecule has 3 rings (SSSR count). The van der Waals surface area contributed by atoms with Crippen molar-refractivity contribution >= 4 is 11.3 Å². The minimum atomic E-state index is 0.815. The number of nitrogens with one attached hydrogen (secondary N) is 1. The summed E-state index contributed by atoms with van der Waals surface area (Å²) in [5.41, 5.74) is 11.7. The van der Waals surface area contributed by atoms with Crippen LogP contribution in [0.25, 0.3) is 5.57 Å². The first-order valence-electron chi connectivity index (χ1n) is 8.47. The fourth-order valence-corrected chi connectivity index (χ4v) is 3.33. The van der Waals surface area contributed by atoms with Crippen molar-refractivity contribution in [2.24, 2.45) is 5.10 Å². The molecule has 0 radical (unpaired) electrons. The molecule has 0 spiro atoms. The summed E-state index contributed by atoms with van der Waals surface area (Å²) in [6.07, 6.45) is 9.72. The van der Waals surface area contributed by atoms with Crippen molar-refractivity contribution in [1.29, 1.82) is 0 Å². The van der Waals surface area contributed by atoms with Gasteiger partial charge in [-0.25, -0.2) is 0 Å². The highest BCUT2D eigenvalue weighted by Crippen LogP contribution is 2.33. The minimum absolute atomic E-state index is 0.815. The predicted molar refractivity (Wildman–Crippen MR) is 94.8 cm³/mol. The first-order valence-corrected chi connectivity index (χ1v) is 8.47. The monoisotopic (exact) mass is 294 g/mol. The SMILES string of the molecule is CC1=C(C)CC(c2ccccc2CNN=C2CCCCC2)=C1. The first-order chi connectivity index (χ1) is 10.7. The Morgan fingerprint density at radius 3 is 2.55 bits per heavy atom. The molecule has 0 saturated heterocycles. The van der Waals surface area contributed by atoms with Gasteiger partial charge in [0.15, 0.2) is 0 Å². The standard InChI is InChI=1S/C20H26N2/c1-15-12-18(13-16(15)2)20-11-7-6-8-17(20)14-21-22-19-9-4-3-5-10-19/h6-8,11-12,21H,3-5,9-10,13-14H2,1-2H3. The molecule has 116 valence electrons. The van der Waals surface area contributed by atoms with Crippen LogP contribution in [0.4, 0.5) is 0 Å². The molecule has 0 amide bonds. The molecule has 0 heterocycles. The van der Waals surface area contributed by atoms with E-state index in [1.54, 1.807) is 0 Å². The smallest absolute Gasteiger partial charge is 0.0585 e. The molecule has 1 aromatic carbocycles. The van der Waals surface area contributed by atoms with Crippen LogP contribution in [0, 0.1) is 0 Å². The van der Waals surface area contributed by atoms with Gasteiger partial charge < -0.3 is 5.43 Å². The van der Waals surface area contributed by atoms with Crippen LogP contribution >= 0.6 is 0 Å². The summed E-state index contributed by atoms with van der Waals surface area (Å²) in [5, 5.41) is 4.61. The van der Waals surface area contributed by atoms with Crippen LogP contribution in [0.1, 0.15) is 63.5 Å². The topological polar surface area (TPSA) is 24.4 Å². The molecule has 0 unspecified atom stereocenters. The Hall–Kier alpha value is -1.83. The number of hydrogen-bond donors (Lipinski definition) is 1. The van der Waals surface area contributed by atoms with Crippen LogP contribution in [-0.4, -0.2) is 5.71 Å². The lowest BCUT2D eigenvalue weighted by atomic mass is 9.98. The highest BCUT2D eigenvalue weighted by molar-refractivity contribution is 5.84. The van der Waals surface area contributed by atoms with Gasteiger partial charge in [0.05, 0.1) is 6.54 Å². The summed E-state index contributed by atoms with van der Waals surface area (Å²) in [6, 6.07) is 8.71. The molecule has 0 aliphatic heterocycles. The molecule has 0 bridgehead atoms. The molecule has 1 N–H and O–H groups in total. The molecule has 2 aliphatic carbocycles. The van der Waals surface area contributed by atoms with E-state index < -0.39 is 0 Å². The molecule has 2 aliphatic rings. The van der Waals surface area contributed by atoms with Gasteiger partial charge >= 0.3 is 0 Å². The van der Waals surface area contributed by atoms with Gasteiger partial charge in [0.2, 0.25) is 0 Å². The van der Waals surface area contributed by atoms with Gasteiger partial charge in [0, 0.05) is 5.71 Å². The maximum atomic E-state index is 4.61. The summed E-state index contributed by atoms with van der Waals surface area (Å²) in [7, 11) is 0. The summed E-state index contributed by atoms with van der Waals surface area (Å²) in [4.78, 5) is 0. The largest absolute Gasteiger partial charge is 0.306 e. The van der Waals surface area contributed by atoms with Gasteiger partial charge in [-0.3, -0.25) is 0 Å². The quantitative estimate of drug-likeness (QED) is 0.756. The van der Waals surface area contributed by atoms with E-state index in [1.165, 1.54) is 65.7 Å². The molecule has 22 heavy (non-hydrogen) atoms. The highest BCUT2D eigenvalue weighted by Gasteiger charge is 2.14. The van der Waals surface area contributed by atoms with Gasteiger partial charge in [-0.05, 0) is 62.7 Å². The zero-order valence-corrected chi connectivity index (χ0v) is 13.8. The number of rotatable bonds is 4. The molecule has 0 atom stereocenters. The fraction of sp³-hybridized carbons (Fsp3) is 0.450. The zero-order chi connectivity index (χ0) is 15.4. The lowest BCUT2D eigenvalue weighted by molar-refractivity contribution is 0.646. The Balaban J connectivity index is 1.68. The van der Waals surface area contributed by atoms with Crippen molar-refractivity contribution in [3.63, 3.8) is 0 Å². The molecule has 1 aromatic rings. The van der Waals surface area contributed by atoms with Gasteiger partial charge in [-0.1, -0.05) is 47.9 Å². The first kappa shape index (κ1) is 15.1. The van der Waals surface area contributed by atoms with Crippen molar-refractivity contribution in [3.05, 3.63) is 52.6 Å². The third kappa shape index (κ3) is 3.49. The maximum absolute atomic E-state index is 4.61. The fourth-order valence-electron chi connectivity index (χ4n) is 3.33. The van der Waals surface area contributed by atoms with Crippen LogP contribution in [0.3, 0.4) is 0 Å². The number of allylic oxidation sites excluding steroid dienone is 4. The van der Waals surface area contributed by atoms with Crippen LogP contribution < -0.4 is 5.43 Å². The average Bonchev–Trinajstić information content (AvgIpc) is 2.88. The highest BCUT2D eigenvalue weighted by atomic mass is 15.3. The van der Waals surface area contributed by atoms with E-state index in [0.29, 0.717) is 0 Å². The summed E-state index contributed by atoms with van der Waals surface area (Å²) in [6.45, 7) is 5.25. The number of nitrogens with zero attached hydrogens (tertiary/aromatic N) is 1. The molecule has 2 heteroatoms. The number of hydrogen-bond acceptors (Lipinski definition) is 2. The van der Waals surface area contributed by atoms with Crippen molar-refractivity contribution in [3.8, 4) is 0 Å². The number of hydrazone groups is 1. The van der Waals surface area contributed by atoms with E-state index in [9.17, 15) is 0 Å². The third-order valence-electron chi connectivity index (χ3n) is 4.82. The van der Waals surface area contributed by atoms with Crippen LogP contribution in [-0.2, 0) is 6.54 Å². The zero-order valence-electron chi connectivity index (χ0n) is 13.8. The van der Waals surface area contributed by atoms with E-state index in [2.05, 4.69) is 54.7 Å². The summed E-state index contributed by atoms with van der Waals surface area (Å²) in [5.74, 6) is 0. The molecular formula is C20H26N2. The van der Waals surface area contributed by atoms with Gasteiger partial charge in [0.1, 0.15) is 0 Å². The maximum Gasteiger partial charge on any atom is 0.0585 e. The lowest BCUT2D eigenvalue weighted by Gasteiger charge is -2.14. The normalized spacial score (nSPS) is 18.5. The van der Waals surface area contributed by atoms with Crippen LogP contribution in [0.2, 0.25) is 0 Å². The van der Waals surface area contributed by atoms with Crippen molar-refractivity contribution in [2.45, 2.75) is 58.9 Å². The molecule has 1 saturated carbocycles. The Labute approximate surface area is 134 Å². The second-order valence-corrected chi connectivity index (χ2v) is 6.54. The lowest BCUT2D eigenvalue weighted by Crippen LogP contribution is -2.13. The Morgan fingerprint density at radius 1 is 1.05 bits per heavy atom. The van der Waals surface area contributed by atoms with Gasteiger partial charge in [-0.2, -0.15) is 5.10 Å². The Morgan fingerprint density at radius 2 is 1.82 bits per heavy atom. The van der Waals surface area contributed by atoms with Gasteiger partial charge in [0.25, 0.3) is 0 Å². The van der Waals surface area contributed by atoms with Crippen molar-refractivity contribution < 1.29 is 0 Å². The summed E-state index contributed by atoms with van der Waals surface area (Å²) < 4.78 is 0. The van der Waals surface area contributed by atoms with Gasteiger partial charge in [-0.15, -0.1) is 0 Å². The predicted octanol–water partition coefficient (Wildman–Crippen LogP) is 5.22. The Bertz CT molecular complexity index is 627. The van der Waals surface area contributed by atoms with E-state index in [1.807, 2.05) is 0 Å². The molecule has 1 fully saturated rings. The minimum Gasteiger partial charge on any atom is -0.306 e. The molecule has 0 aromatic heterocycles. The van der Waals surface area contributed by atoms with E-state index >= 15 is 0 Å². The van der Waals surface area contributed by atoms with Crippen molar-refractivity contribution in [1.82, 2.24) is 5.43 Å². The molecule has 2 nitrogen and oxygen atoms in total. The third-order valence-corrected chi connectivity index (χ3v) is 4.82. The molecular weight excluding hydrogens is 268 g/mol. The second-order valence-electron chi connectivity index (χ2n) is 6.54.